The lowest BCUT2D eigenvalue weighted by Crippen LogP contribution is -2.27. The molecular formula is C19H19N2O4S-. The molecule has 3 rings (SSSR count). The molecule has 0 saturated carbocycles. The highest BCUT2D eigenvalue weighted by molar-refractivity contribution is 7.10. The van der Waals surface area contributed by atoms with E-state index < -0.39 is 5.97 Å². The van der Waals surface area contributed by atoms with Crippen molar-refractivity contribution in [3.63, 3.8) is 0 Å². The molecule has 0 unspecified atom stereocenters. The molecule has 6 nitrogen and oxygen atoms in total. The van der Waals surface area contributed by atoms with Gasteiger partial charge in [-0.25, -0.2) is 5.01 Å². The van der Waals surface area contributed by atoms with E-state index >= 15 is 0 Å². The SMILES string of the molecule is COc1cccc(C2=NN(C(=O)CCCC(=O)[O-])[C@H](c3cccs3)C2)c1. The Hall–Kier alpha value is -2.67. The quantitative estimate of drug-likeness (QED) is 0.748. The molecule has 0 spiro atoms. The summed E-state index contributed by atoms with van der Waals surface area (Å²) in [7, 11) is 1.61. The maximum absolute atomic E-state index is 12.6. The summed E-state index contributed by atoms with van der Waals surface area (Å²) in [5, 5.41) is 18.6. The molecule has 0 fully saturated rings. The first-order valence-corrected chi connectivity index (χ1v) is 9.23. The molecule has 1 aromatic heterocycles. The molecule has 0 saturated heterocycles. The highest BCUT2D eigenvalue weighted by Gasteiger charge is 2.33. The van der Waals surface area contributed by atoms with Gasteiger partial charge in [0.2, 0.25) is 5.91 Å². The molecule has 0 bridgehead atoms. The maximum atomic E-state index is 12.6. The lowest BCUT2D eigenvalue weighted by atomic mass is 10.0. The largest absolute Gasteiger partial charge is 0.550 e. The number of nitrogens with zero attached hydrogens (tertiary/aromatic N) is 2. The molecule has 0 aliphatic carbocycles. The Balaban J connectivity index is 1.83. The molecule has 0 radical (unpaired) electrons. The van der Waals surface area contributed by atoms with Crippen LogP contribution in [0.3, 0.4) is 0 Å². The van der Waals surface area contributed by atoms with Crippen LogP contribution in [0.25, 0.3) is 0 Å². The topological polar surface area (TPSA) is 82.0 Å². The number of carbonyl (C=O) groups excluding carboxylic acids is 2. The lowest BCUT2D eigenvalue weighted by Gasteiger charge is -2.20. The van der Waals surface area contributed by atoms with Crippen molar-refractivity contribution in [2.24, 2.45) is 5.10 Å². The van der Waals surface area contributed by atoms with Gasteiger partial charge in [-0.05, 0) is 36.4 Å². The number of carbonyl (C=O) groups is 2. The molecule has 7 heteroatoms. The van der Waals surface area contributed by atoms with Gasteiger partial charge in [-0.15, -0.1) is 11.3 Å². The molecule has 26 heavy (non-hydrogen) atoms. The van der Waals surface area contributed by atoms with Gasteiger partial charge >= 0.3 is 0 Å². The Morgan fingerprint density at radius 1 is 1.31 bits per heavy atom. The van der Waals surface area contributed by atoms with E-state index in [9.17, 15) is 14.7 Å². The van der Waals surface area contributed by atoms with E-state index in [1.165, 1.54) is 5.01 Å². The molecule has 1 aliphatic rings. The van der Waals surface area contributed by atoms with Gasteiger partial charge in [0.1, 0.15) is 5.75 Å². The van der Waals surface area contributed by atoms with Crippen LogP contribution in [-0.2, 0) is 9.59 Å². The Labute approximate surface area is 155 Å². The Bertz CT molecular complexity index is 817. The van der Waals surface area contributed by atoms with Crippen molar-refractivity contribution in [1.82, 2.24) is 5.01 Å². The summed E-state index contributed by atoms with van der Waals surface area (Å²) in [5.74, 6) is -0.589. The van der Waals surface area contributed by atoms with Crippen molar-refractivity contribution >= 4 is 28.9 Å². The molecule has 1 amide bonds. The van der Waals surface area contributed by atoms with E-state index in [0.717, 1.165) is 21.9 Å². The number of hydrogen-bond donors (Lipinski definition) is 0. The van der Waals surface area contributed by atoms with Crippen molar-refractivity contribution in [3.05, 3.63) is 52.2 Å². The summed E-state index contributed by atoms with van der Waals surface area (Å²) < 4.78 is 5.27. The van der Waals surface area contributed by atoms with Crippen LogP contribution in [0.5, 0.6) is 5.75 Å². The number of carboxylic acid groups (broad SMARTS) is 1. The minimum Gasteiger partial charge on any atom is -0.550 e. The van der Waals surface area contributed by atoms with Gasteiger partial charge in [0.05, 0.1) is 18.9 Å². The summed E-state index contributed by atoms with van der Waals surface area (Å²) in [6.07, 6.45) is 0.860. The number of thiophene rings is 1. The van der Waals surface area contributed by atoms with Crippen molar-refractivity contribution in [3.8, 4) is 5.75 Å². The van der Waals surface area contributed by atoms with Crippen LogP contribution in [0.4, 0.5) is 0 Å². The first-order chi connectivity index (χ1) is 12.6. The summed E-state index contributed by atoms with van der Waals surface area (Å²) >= 11 is 1.58. The zero-order valence-corrected chi connectivity index (χ0v) is 15.2. The minimum atomic E-state index is -1.14. The molecule has 1 aliphatic heterocycles. The second kappa shape index (κ2) is 8.14. The van der Waals surface area contributed by atoms with E-state index in [0.29, 0.717) is 6.42 Å². The monoisotopic (exact) mass is 371 g/mol. The zero-order valence-electron chi connectivity index (χ0n) is 14.4. The average molecular weight is 371 g/mol. The fraction of sp³-hybridized carbons (Fsp3) is 0.316. The second-order valence-corrected chi connectivity index (χ2v) is 6.96. The Morgan fingerprint density at radius 3 is 2.85 bits per heavy atom. The third kappa shape index (κ3) is 4.11. The van der Waals surface area contributed by atoms with Crippen molar-refractivity contribution < 1.29 is 19.4 Å². The van der Waals surface area contributed by atoms with Crippen LogP contribution in [0.2, 0.25) is 0 Å². The van der Waals surface area contributed by atoms with E-state index in [2.05, 4.69) is 5.10 Å². The highest BCUT2D eigenvalue weighted by Crippen LogP contribution is 2.36. The molecule has 136 valence electrons. The van der Waals surface area contributed by atoms with Crippen molar-refractivity contribution in [2.45, 2.75) is 31.7 Å². The summed E-state index contributed by atoms with van der Waals surface area (Å²) in [4.78, 5) is 24.3. The highest BCUT2D eigenvalue weighted by atomic mass is 32.1. The van der Waals surface area contributed by atoms with Crippen LogP contribution in [0.1, 0.15) is 42.2 Å². The summed E-state index contributed by atoms with van der Waals surface area (Å²) in [5.41, 5.74) is 1.73. The van der Waals surface area contributed by atoms with E-state index in [1.54, 1.807) is 18.4 Å². The van der Waals surface area contributed by atoms with Gasteiger partial charge in [-0.2, -0.15) is 5.10 Å². The normalized spacial score (nSPS) is 16.4. The third-order valence-corrected chi connectivity index (χ3v) is 5.19. The van der Waals surface area contributed by atoms with Gasteiger partial charge in [0, 0.05) is 29.3 Å². The van der Waals surface area contributed by atoms with Crippen LogP contribution in [0.15, 0.2) is 46.9 Å². The zero-order chi connectivity index (χ0) is 18.5. The average Bonchev–Trinajstić information content (AvgIpc) is 3.30. The predicted molar refractivity (Wildman–Crippen MR) is 96.9 cm³/mol. The van der Waals surface area contributed by atoms with E-state index in [1.807, 2.05) is 41.8 Å². The number of amides is 1. The lowest BCUT2D eigenvalue weighted by molar-refractivity contribution is -0.305. The standard InChI is InChI=1S/C19H20N2O4S/c1-25-14-6-2-5-13(11-14)15-12-16(17-7-4-10-26-17)21(20-15)18(22)8-3-9-19(23)24/h2,4-7,10-11,16H,3,8-9,12H2,1H3,(H,23,24)/p-1/t16-/m0/s1. The number of methoxy groups -OCH3 is 1. The maximum Gasteiger partial charge on any atom is 0.243 e. The van der Waals surface area contributed by atoms with Gasteiger partial charge in [0.25, 0.3) is 0 Å². The number of carboxylic acids is 1. The fourth-order valence-electron chi connectivity index (χ4n) is 2.92. The first-order valence-electron chi connectivity index (χ1n) is 8.35. The molecule has 1 atom stereocenters. The Kier molecular flexibility index (Phi) is 5.68. The van der Waals surface area contributed by atoms with Gasteiger partial charge in [0.15, 0.2) is 0 Å². The number of ether oxygens (including phenoxy) is 1. The Morgan fingerprint density at radius 2 is 2.15 bits per heavy atom. The summed E-state index contributed by atoms with van der Waals surface area (Å²) in [6.45, 7) is 0. The number of aliphatic carboxylic acids is 1. The van der Waals surface area contributed by atoms with Gasteiger partial charge < -0.3 is 14.6 Å². The van der Waals surface area contributed by atoms with Crippen LogP contribution >= 0.6 is 11.3 Å². The fourth-order valence-corrected chi connectivity index (χ4v) is 3.73. The van der Waals surface area contributed by atoms with Gasteiger partial charge in [-0.1, -0.05) is 18.2 Å². The summed E-state index contributed by atoms with van der Waals surface area (Å²) in [6, 6.07) is 11.4. The van der Waals surface area contributed by atoms with Crippen LogP contribution in [0, 0.1) is 0 Å². The number of hydrazone groups is 1. The van der Waals surface area contributed by atoms with Crippen LogP contribution < -0.4 is 9.84 Å². The number of rotatable bonds is 7. The van der Waals surface area contributed by atoms with Crippen molar-refractivity contribution in [1.29, 1.82) is 0 Å². The molecule has 0 N–H and O–H groups in total. The third-order valence-electron chi connectivity index (χ3n) is 4.21. The minimum absolute atomic E-state index is 0.129. The molecular weight excluding hydrogens is 352 g/mol. The second-order valence-electron chi connectivity index (χ2n) is 5.98. The van der Waals surface area contributed by atoms with Crippen LogP contribution in [-0.4, -0.2) is 29.7 Å². The smallest absolute Gasteiger partial charge is 0.243 e. The van der Waals surface area contributed by atoms with E-state index in [4.69, 9.17) is 4.74 Å². The number of hydrogen-bond acceptors (Lipinski definition) is 6. The molecule has 2 aromatic rings. The predicted octanol–water partition coefficient (Wildman–Crippen LogP) is 2.35. The first kappa shape index (κ1) is 18.1. The molecule has 2 heterocycles. The molecule has 1 aromatic carbocycles. The van der Waals surface area contributed by atoms with Crippen molar-refractivity contribution in [2.75, 3.05) is 7.11 Å². The number of benzene rings is 1. The van der Waals surface area contributed by atoms with E-state index in [-0.39, 0.29) is 31.2 Å². The van der Waals surface area contributed by atoms with Gasteiger partial charge in [-0.3, -0.25) is 4.79 Å².